The van der Waals surface area contributed by atoms with Crippen LogP contribution in [-0.4, -0.2) is 85.8 Å². The number of carbonyl (C=O) groups excluding carboxylic acids is 3. The molecule has 188 valence electrons. The molecule has 2 aliphatic rings. The van der Waals surface area contributed by atoms with Gasteiger partial charge in [0.25, 0.3) is 5.91 Å². The van der Waals surface area contributed by atoms with Crippen LogP contribution in [0.15, 0.2) is 24.3 Å². The van der Waals surface area contributed by atoms with E-state index in [4.69, 9.17) is 0 Å². The number of amides is 3. The molecule has 34 heavy (non-hydrogen) atoms. The monoisotopic (exact) mass is 474 g/mol. The molecule has 7 nitrogen and oxygen atoms in total. The standard InChI is InChI=1S/C26H39FN4O3/c1-26(2,18-29(3)4)17-28-23(32)19-9-13-30(14-10-19)25(34)21-11-15-31(16-12-21)24(33)20-5-7-22(27)8-6-20/h5-8,19,21H,9-18H2,1-4H3,(H,28,32). The Morgan fingerprint density at radius 2 is 1.47 bits per heavy atom. The number of benzene rings is 1. The van der Waals surface area contributed by atoms with E-state index in [0.717, 1.165) is 6.54 Å². The average molecular weight is 475 g/mol. The fourth-order valence-corrected chi connectivity index (χ4v) is 5.11. The Labute approximate surface area is 202 Å². The van der Waals surface area contributed by atoms with Gasteiger partial charge in [-0.25, -0.2) is 4.39 Å². The second-order valence-corrected chi connectivity index (χ2v) is 10.8. The Morgan fingerprint density at radius 3 is 2.03 bits per heavy atom. The van der Waals surface area contributed by atoms with Gasteiger partial charge in [-0.2, -0.15) is 0 Å². The zero-order chi connectivity index (χ0) is 24.9. The lowest BCUT2D eigenvalue weighted by Gasteiger charge is -2.37. The highest BCUT2D eigenvalue weighted by molar-refractivity contribution is 5.94. The molecule has 2 saturated heterocycles. The molecule has 8 heteroatoms. The molecule has 0 unspecified atom stereocenters. The Morgan fingerprint density at radius 1 is 0.941 bits per heavy atom. The summed E-state index contributed by atoms with van der Waals surface area (Å²) < 4.78 is 13.1. The molecule has 1 aromatic carbocycles. The highest BCUT2D eigenvalue weighted by Crippen LogP contribution is 2.25. The van der Waals surface area contributed by atoms with Crippen molar-refractivity contribution < 1.29 is 18.8 Å². The second-order valence-electron chi connectivity index (χ2n) is 10.8. The van der Waals surface area contributed by atoms with Crippen molar-refractivity contribution in [2.75, 3.05) is 53.4 Å². The van der Waals surface area contributed by atoms with Crippen molar-refractivity contribution in [2.24, 2.45) is 17.3 Å². The lowest BCUT2D eigenvalue weighted by atomic mass is 9.90. The van der Waals surface area contributed by atoms with Crippen LogP contribution in [0.5, 0.6) is 0 Å². The minimum absolute atomic E-state index is 0.00275. The number of halogens is 1. The molecule has 0 saturated carbocycles. The normalized spacial score (nSPS) is 18.3. The number of piperidine rings is 2. The van der Waals surface area contributed by atoms with Crippen LogP contribution in [0.4, 0.5) is 4.39 Å². The van der Waals surface area contributed by atoms with Gasteiger partial charge in [-0.1, -0.05) is 13.8 Å². The summed E-state index contributed by atoms with van der Waals surface area (Å²) in [7, 11) is 4.06. The van der Waals surface area contributed by atoms with Gasteiger partial charge in [0.05, 0.1) is 0 Å². The van der Waals surface area contributed by atoms with Gasteiger partial charge in [-0.05, 0) is 69.5 Å². The number of nitrogens with zero attached hydrogens (tertiary/aromatic N) is 3. The predicted octanol–water partition coefficient (Wildman–Crippen LogP) is 2.62. The zero-order valence-corrected chi connectivity index (χ0v) is 21.0. The van der Waals surface area contributed by atoms with Crippen molar-refractivity contribution >= 4 is 17.7 Å². The molecule has 3 rings (SSSR count). The minimum atomic E-state index is -0.365. The smallest absolute Gasteiger partial charge is 0.253 e. The average Bonchev–Trinajstić information content (AvgIpc) is 2.81. The SMILES string of the molecule is CN(C)CC(C)(C)CNC(=O)C1CCN(C(=O)C2CCN(C(=O)c3ccc(F)cc3)CC2)CC1. The summed E-state index contributed by atoms with van der Waals surface area (Å²) in [6, 6.07) is 5.58. The van der Waals surface area contributed by atoms with E-state index in [2.05, 4.69) is 24.1 Å². The van der Waals surface area contributed by atoms with Crippen molar-refractivity contribution in [1.82, 2.24) is 20.0 Å². The summed E-state index contributed by atoms with van der Waals surface area (Å²) in [6.45, 7) is 8.08. The van der Waals surface area contributed by atoms with Crippen LogP contribution < -0.4 is 5.32 Å². The maximum absolute atomic E-state index is 13.1. The van der Waals surface area contributed by atoms with Gasteiger partial charge < -0.3 is 20.0 Å². The first-order valence-corrected chi connectivity index (χ1v) is 12.3. The first kappa shape index (κ1) is 26.1. The van der Waals surface area contributed by atoms with Crippen LogP contribution >= 0.6 is 0 Å². The molecule has 0 bridgehead atoms. The molecule has 2 aliphatic heterocycles. The predicted molar refractivity (Wildman–Crippen MR) is 130 cm³/mol. The number of nitrogens with one attached hydrogen (secondary N) is 1. The number of hydrogen-bond donors (Lipinski definition) is 1. The van der Waals surface area contributed by atoms with Crippen molar-refractivity contribution in [3.8, 4) is 0 Å². The van der Waals surface area contributed by atoms with E-state index >= 15 is 0 Å². The van der Waals surface area contributed by atoms with Gasteiger partial charge in [-0.3, -0.25) is 14.4 Å². The van der Waals surface area contributed by atoms with Crippen LogP contribution in [0.25, 0.3) is 0 Å². The lowest BCUT2D eigenvalue weighted by Crippen LogP contribution is -2.48. The number of carbonyl (C=O) groups is 3. The summed E-state index contributed by atoms with van der Waals surface area (Å²) in [5, 5.41) is 3.11. The summed E-state index contributed by atoms with van der Waals surface area (Å²) in [5.41, 5.74) is 0.472. The third-order valence-corrected chi connectivity index (χ3v) is 6.89. The van der Waals surface area contributed by atoms with Gasteiger partial charge >= 0.3 is 0 Å². The summed E-state index contributed by atoms with van der Waals surface area (Å²) >= 11 is 0. The highest BCUT2D eigenvalue weighted by atomic mass is 19.1. The van der Waals surface area contributed by atoms with Crippen molar-refractivity contribution in [1.29, 1.82) is 0 Å². The molecule has 0 aliphatic carbocycles. The number of hydrogen-bond acceptors (Lipinski definition) is 4. The molecule has 2 fully saturated rings. The molecule has 3 amide bonds. The Balaban J connectivity index is 1.41. The van der Waals surface area contributed by atoms with Gasteiger partial charge in [0, 0.05) is 56.7 Å². The quantitative estimate of drug-likeness (QED) is 0.660. The molecule has 2 heterocycles. The van der Waals surface area contributed by atoms with Crippen LogP contribution in [0.1, 0.15) is 49.9 Å². The molecule has 1 aromatic rings. The second kappa shape index (κ2) is 11.3. The van der Waals surface area contributed by atoms with Crippen molar-refractivity contribution in [3.63, 3.8) is 0 Å². The van der Waals surface area contributed by atoms with E-state index < -0.39 is 0 Å². The van der Waals surface area contributed by atoms with Crippen LogP contribution in [0, 0.1) is 23.1 Å². The summed E-state index contributed by atoms with van der Waals surface area (Å²) in [5.74, 6) is -0.392. The van der Waals surface area contributed by atoms with Crippen molar-refractivity contribution in [3.05, 3.63) is 35.6 Å². The Kier molecular flexibility index (Phi) is 8.68. The number of rotatable bonds is 7. The Bertz CT molecular complexity index is 855. The topological polar surface area (TPSA) is 73.0 Å². The molecular weight excluding hydrogens is 435 g/mol. The molecule has 0 radical (unpaired) electrons. The third kappa shape index (κ3) is 7.01. The van der Waals surface area contributed by atoms with Gasteiger partial charge in [-0.15, -0.1) is 0 Å². The molecule has 0 spiro atoms. The van der Waals surface area contributed by atoms with Crippen LogP contribution in [0.2, 0.25) is 0 Å². The lowest BCUT2D eigenvalue weighted by molar-refractivity contribution is -0.140. The fourth-order valence-electron chi connectivity index (χ4n) is 5.11. The maximum Gasteiger partial charge on any atom is 0.253 e. The van der Waals surface area contributed by atoms with E-state index in [1.807, 2.05) is 19.0 Å². The summed E-state index contributed by atoms with van der Waals surface area (Å²) in [6.07, 6.45) is 2.64. The van der Waals surface area contributed by atoms with E-state index in [0.29, 0.717) is 64.0 Å². The van der Waals surface area contributed by atoms with Gasteiger partial charge in [0.15, 0.2) is 0 Å². The van der Waals surface area contributed by atoms with Crippen LogP contribution in [0.3, 0.4) is 0 Å². The first-order chi connectivity index (χ1) is 16.1. The minimum Gasteiger partial charge on any atom is -0.355 e. The molecule has 1 N–H and O–H groups in total. The third-order valence-electron chi connectivity index (χ3n) is 6.89. The molecular formula is C26H39FN4O3. The zero-order valence-electron chi connectivity index (χ0n) is 21.0. The van der Waals surface area contributed by atoms with Crippen LogP contribution in [-0.2, 0) is 9.59 Å². The van der Waals surface area contributed by atoms with Gasteiger partial charge in [0.1, 0.15) is 5.82 Å². The van der Waals surface area contributed by atoms with E-state index in [-0.39, 0.29) is 40.8 Å². The summed E-state index contributed by atoms with van der Waals surface area (Å²) in [4.78, 5) is 44.1. The molecule has 0 atom stereocenters. The van der Waals surface area contributed by atoms with E-state index in [9.17, 15) is 18.8 Å². The maximum atomic E-state index is 13.1. The van der Waals surface area contributed by atoms with E-state index in [1.165, 1.54) is 24.3 Å². The highest BCUT2D eigenvalue weighted by Gasteiger charge is 2.34. The fraction of sp³-hybridized carbons (Fsp3) is 0.654. The van der Waals surface area contributed by atoms with E-state index in [1.54, 1.807) is 4.90 Å². The number of likely N-dealkylation sites (tertiary alicyclic amines) is 2. The molecule has 0 aromatic heterocycles. The Hall–Kier alpha value is -2.48. The van der Waals surface area contributed by atoms with Crippen molar-refractivity contribution in [2.45, 2.75) is 39.5 Å². The van der Waals surface area contributed by atoms with Gasteiger partial charge in [0.2, 0.25) is 11.8 Å². The first-order valence-electron chi connectivity index (χ1n) is 12.3. The largest absolute Gasteiger partial charge is 0.355 e.